The van der Waals surface area contributed by atoms with E-state index in [0.29, 0.717) is 55.5 Å². The molecular formula is C35H46N4O4S. The van der Waals surface area contributed by atoms with Gasteiger partial charge in [0.25, 0.3) is 5.91 Å². The molecule has 9 heteroatoms. The van der Waals surface area contributed by atoms with Crippen LogP contribution in [-0.4, -0.2) is 63.0 Å². The molecule has 0 bridgehead atoms. The molecule has 44 heavy (non-hydrogen) atoms. The third-order valence-electron chi connectivity index (χ3n) is 8.87. The Labute approximate surface area is 262 Å². The van der Waals surface area contributed by atoms with E-state index in [1.54, 1.807) is 18.2 Å². The molecule has 1 saturated carbocycles. The van der Waals surface area contributed by atoms with Crippen LogP contribution in [0.3, 0.4) is 0 Å². The van der Waals surface area contributed by atoms with Gasteiger partial charge in [0.1, 0.15) is 0 Å². The summed E-state index contributed by atoms with van der Waals surface area (Å²) in [5.41, 5.74) is 3.61. The van der Waals surface area contributed by atoms with Gasteiger partial charge in [-0.3, -0.25) is 9.10 Å². The quantitative estimate of drug-likeness (QED) is 0.226. The monoisotopic (exact) mass is 618 g/mol. The predicted molar refractivity (Wildman–Crippen MR) is 178 cm³/mol. The highest BCUT2D eigenvalue weighted by molar-refractivity contribution is 7.92. The average Bonchev–Trinajstić information content (AvgIpc) is 3.04. The fourth-order valence-electron chi connectivity index (χ4n) is 6.40. The number of benzene rings is 3. The summed E-state index contributed by atoms with van der Waals surface area (Å²) >= 11 is 0. The number of nitrogens with zero attached hydrogens (tertiary/aromatic N) is 1. The number of aliphatic hydroxyl groups is 1. The number of rotatable bonds is 12. The second-order valence-electron chi connectivity index (χ2n) is 12.1. The van der Waals surface area contributed by atoms with Gasteiger partial charge in [0.2, 0.25) is 10.0 Å². The van der Waals surface area contributed by atoms with Crippen LogP contribution in [0.2, 0.25) is 0 Å². The largest absolute Gasteiger partial charge is 0.390 e. The molecule has 2 fully saturated rings. The molecule has 1 heterocycles. The van der Waals surface area contributed by atoms with E-state index in [9.17, 15) is 18.3 Å². The minimum Gasteiger partial charge on any atom is -0.390 e. The summed E-state index contributed by atoms with van der Waals surface area (Å²) in [4.78, 5) is 13.9. The van der Waals surface area contributed by atoms with Gasteiger partial charge in [-0.15, -0.1) is 0 Å². The van der Waals surface area contributed by atoms with Crippen molar-refractivity contribution in [2.45, 2.75) is 76.0 Å². The van der Waals surface area contributed by atoms with E-state index in [0.717, 1.165) is 24.0 Å². The molecule has 1 saturated heterocycles. The lowest BCUT2D eigenvalue weighted by atomic mass is 9.94. The Kier molecular flexibility index (Phi) is 11.0. The SMILES string of the molecule is CCNc1cc(C(=O)N[C@@H](Cc2ccccc2)[C@H](O)CNC2CCCCC2)cc(N2CC(c3ccccc3)CCS2(=O)=O)c1. The van der Waals surface area contributed by atoms with Crippen molar-refractivity contribution < 1.29 is 18.3 Å². The number of aliphatic hydroxyl groups excluding tert-OH is 1. The molecule has 1 unspecified atom stereocenters. The van der Waals surface area contributed by atoms with Gasteiger partial charge >= 0.3 is 0 Å². The molecule has 0 spiro atoms. The molecule has 4 N–H and O–H groups in total. The van der Waals surface area contributed by atoms with Crippen LogP contribution in [0.15, 0.2) is 78.9 Å². The molecule has 1 aliphatic heterocycles. The van der Waals surface area contributed by atoms with Crippen LogP contribution in [0.25, 0.3) is 0 Å². The molecule has 236 valence electrons. The van der Waals surface area contributed by atoms with Crippen LogP contribution in [0, 0.1) is 0 Å². The lowest BCUT2D eigenvalue weighted by Crippen LogP contribution is -2.50. The molecule has 1 amide bonds. The van der Waals surface area contributed by atoms with Gasteiger partial charge in [-0.25, -0.2) is 8.42 Å². The molecule has 8 nitrogen and oxygen atoms in total. The minimum absolute atomic E-state index is 0.0405. The average molecular weight is 619 g/mol. The molecule has 0 aromatic heterocycles. The van der Waals surface area contributed by atoms with Crippen LogP contribution in [0.1, 0.15) is 72.9 Å². The van der Waals surface area contributed by atoms with Crippen molar-refractivity contribution in [1.29, 1.82) is 0 Å². The second kappa shape index (κ2) is 15.1. The van der Waals surface area contributed by atoms with Gasteiger partial charge in [0.15, 0.2) is 0 Å². The summed E-state index contributed by atoms with van der Waals surface area (Å²) in [5.74, 6) is -0.252. The lowest BCUT2D eigenvalue weighted by Gasteiger charge is -2.34. The van der Waals surface area contributed by atoms with E-state index in [-0.39, 0.29) is 17.6 Å². The lowest BCUT2D eigenvalue weighted by molar-refractivity contribution is 0.0821. The smallest absolute Gasteiger partial charge is 0.251 e. The zero-order valence-electron chi connectivity index (χ0n) is 25.6. The van der Waals surface area contributed by atoms with Crippen molar-refractivity contribution in [3.8, 4) is 0 Å². The number of sulfonamides is 1. The van der Waals surface area contributed by atoms with Gasteiger partial charge in [-0.1, -0.05) is 79.9 Å². The van der Waals surface area contributed by atoms with E-state index in [2.05, 4.69) is 16.0 Å². The summed E-state index contributed by atoms with van der Waals surface area (Å²) in [6, 6.07) is 24.9. The number of hydrogen-bond donors (Lipinski definition) is 4. The van der Waals surface area contributed by atoms with Crippen molar-refractivity contribution in [2.24, 2.45) is 0 Å². The van der Waals surface area contributed by atoms with Crippen molar-refractivity contribution in [1.82, 2.24) is 10.6 Å². The fourth-order valence-corrected chi connectivity index (χ4v) is 8.04. The highest BCUT2D eigenvalue weighted by Gasteiger charge is 2.33. The van der Waals surface area contributed by atoms with Gasteiger partial charge in [0.05, 0.1) is 23.6 Å². The third kappa shape index (κ3) is 8.40. The van der Waals surface area contributed by atoms with Crippen LogP contribution in [-0.2, 0) is 16.4 Å². The number of amides is 1. The van der Waals surface area contributed by atoms with Crippen molar-refractivity contribution in [3.63, 3.8) is 0 Å². The summed E-state index contributed by atoms with van der Waals surface area (Å²) in [6.45, 7) is 3.27. The number of anilines is 2. The minimum atomic E-state index is -3.56. The van der Waals surface area contributed by atoms with E-state index in [4.69, 9.17) is 0 Å². The predicted octanol–water partition coefficient (Wildman–Crippen LogP) is 5.07. The zero-order valence-corrected chi connectivity index (χ0v) is 26.4. The third-order valence-corrected chi connectivity index (χ3v) is 10.6. The first kappa shape index (κ1) is 32.0. The highest BCUT2D eigenvalue weighted by Crippen LogP contribution is 2.34. The number of carbonyl (C=O) groups is 1. The van der Waals surface area contributed by atoms with E-state index in [1.807, 2.05) is 67.6 Å². The molecule has 1 aliphatic carbocycles. The molecule has 0 radical (unpaired) electrons. The first-order valence-electron chi connectivity index (χ1n) is 16.0. The Morgan fingerprint density at radius 3 is 2.36 bits per heavy atom. The summed E-state index contributed by atoms with van der Waals surface area (Å²) in [7, 11) is -3.56. The van der Waals surface area contributed by atoms with Gasteiger partial charge in [0, 0.05) is 42.8 Å². The van der Waals surface area contributed by atoms with Gasteiger partial charge in [-0.2, -0.15) is 0 Å². The Hall–Kier alpha value is -3.40. The Morgan fingerprint density at radius 2 is 1.66 bits per heavy atom. The number of hydrogen-bond acceptors (Lipinski definition) is 6. The van der Waals surface area contributed by atoms with E-state index < -0.39 is 22.2 Å². The van der Waals surface area contributed by atoms with Crippen molar-refractivity contribution in [3.05, 3.63) is 95.6 Å². The fraction of sp³-hybridized carbons (Fsp3) is 0.457. The number of carbonyl (C=O) groups excluding carboxylic acids is 1. The molecule has 2 aliphatic rings. The van der Waals surface area contributed by atoms with Crippen LogP contribution >= 0.6 is 0 Å². The maximum atomic E-state index is 13.9. The van der Waals surface area contributed by atoms with E-state index in [1.165, 1.54) is 23.6 Å². The normalized spacial score (nSPS) is 20.0. The van der Waals surface area contributed by atoms with Gasteiger partial charge in [-0.05, 0) is 61.9 Å². The molecule has 3 aromatic carbocycles. The summed E-state index contributed by atoms with van der Waals surface area (Å²) < 4.78 is 28.1. The summed E-state index contributed by atoms with van der Waals surface area (Å²) in [5, 5.41) is 21.2. The highest BCUT2D eigenvalue weighted by atomic mass is 32.2. The number of nitrogens with one attached hydrogen (secondary N) is 3. The Balaban J connectivity index is 1.38. The van der Waals surface area contributed by atoms with Crippen LogP contribution < -0.4 is 20.3 Å². The van der Waals surface area contributed by atoms with Crippen LogP contribution in [0.4, 0.5) is 11.4 Å². The molecule has 3 atom stereocenters. The molecule has 5 rings (SSSR count). The Bertz CT molecular complexity index is 1460. The molecular weight excluding hydrogens is 572 g/mol. The second-order valence-corrected chi connectivity index (χ2v) is 14.1. The summed E-state index contributed by atoms with van der Waals surface area (Å²) in [6.07, 6.45) is 6.08. The van der Waals surface area contributed by atoms with Crippen LogP contribution in [0.5, 0.6) is 0 Å². The topological polar surface area (TPSA) is 111 Å². The maximum Gasteiger partial charge on any atom is 0.251 e. The van der Waals surface area contributed by atoms with Crippen molar-refractivity contribution in [2.75, 3.05) is 35.0 Å². The maximum absolute atomic E-state index is 13.9. The Morgan fingerprint density at radius 1 is 0.955 bits per heavy atom. The van der Waals surface area contributed by atoms with Gasteiger partial charge < -0.3 is 21.1 Å². The van der Waals surface area contributed by atoms with Crippen molar-refractivity contribution >= 4 is 27.3 Å². The van der Waals surface area contributed by atoms with E-state index >= 15 is 0 Å². The first-order valence-corrected chi connectivity index (χ1v) is 17.6. The first-order chi connectivity index (χ1) is 21.3. The standard InChI is InChI=1S/C35H46N4O4S/c1-2-36-31-21-29(22-32(23-31)39-25-28(18-19-44(39,42)43)27-14-8-4-9-15-27)35(41)38-33(20-26-12-6-3-7-13-26)34(40)24-37-30-16-10-5-11-17-30/h3-4,6-9,12-15,21-23,28,30,33-34,36-37,40H,2,5,10-11,16-20,24-25H2,1H3,(H,38,41)/t28?,33-,34+/m0/s1. The molecule has 3 aromatic rings. The zero-order chi connectivity index (χ0) is 30.9.